The molecule has 0 spiro atoms. The molecule has 0 aromatic heterocycles. The number of nitrogens with one attached hydrogen (secondary N) is 2. The highest BCUT2D eigenvalue weighted by Crippen LogP contribution is 2.28. The maximum absolute atomic E-state index is 12.1. The van der Waals surface area contributed by atoms with E-state index in [2.05, 4.69) is 10.6 Å². The van der Waals surface area contributed by atoms with Gasteiger partial charge in [-0.3, -0.25) is 0 Å². The molecule has 4 nitrogen and oxygen atoms in total. The number of carbonyl (C=O) groups is 1. The molecule has 0 aliphatic carbocycles. The number of ether oxygens (including phenoxy) is 1. The number of allylic oxidation sites excluding steroid dienone is 1. The first-order valence-corrected chi connectivity index (χ1v) is 7.02. The fourth-order valence-corrected chi connectivity index (χ4v) is 2.58. The Balaban J connectivity index is 2.44. The van der Waals surface area contributed by atoms with E-state index in [1.807, 2.05) is 12.1 Å². The molecule has 1 aliphatic rings. The van der Waals surface area contributed by atoms with Crippen LogP contribution in [0.15, 0.2) is 35.5 Å². The number of thiocarbonyl (C=S) groups is 1. The number of carbonyl (C=O) groups excluding carboxylic acids is 1. The normalized spacial score (nSPS) is 18.4. The minimum atomic E-state index is -0.363. The van der Waals surface area contributed by atoms with Crippen LogP contribution in [-0.4, -0.2) is 17.7 Å². The summed E-state index contributed by atoms with van der Waals surface area (Å²) in [4.78, 5) is 12.1. The van der Waals surface area contributed by atoms with E-state index >= 15 is 0 Å². The molecule has 106 valence electrons. The second-order valence-electron chi connectivity index (χ2n) is 4.35. The number of halogens is 1. The zero-order chi connectivity index (χ0) is 14.7. The van der Waals surface area contributed by atoms with Crippen LogP contribution in [0.5, 0.6) is 0 Å². The zero-order valence-electron chi connectivity index (χ0n) is 11.2. The first-order chi connectivity index (χ1) is 9.52. The number of esters is 1. The van der Waals surface area contributed by atoms with E-state index in [0.29, 0.717) is 28.0 Å². The molecule has 1 aromatic rings. The Kier molecular flexibility index (Phi) is 4.62. The lowest BCUT2D eigenvalue weighted by atomic mass is 9.96. The second kappa shape index (κ2) is 6.24. The van der Waals surface area contributed by atoms with Crippen molar-refractivity contribution in [3.63, 3.8) is 0 Å². The van der Waals surface area contributed by atoms with Crippen LogP contribution in [0.1, 0.15) is 25.5 Å². The van der Waals surface area contributed by atoms with Crippen LogP contribution in [0, 0.1) is 0 Å². The number of benzene rings is 1. The van der Waals surface area contributed by atoms with Crippen LogP contribution in [0.2, 0.25) is 5.02 Å². The molecule has 20 heavy (non-hydrogen) atoms. The van der Waals surface area contributed by atoms with Crippen molar-refractivity contribution in [3.05, 3.63) is 46.1 Å². The molecule has 6 heteroatoms. The van der Waals surface area contributed by atoms with Crippen LogP contribution in [-0.2, 0) is 9.53 Å². The number of hydrogen-bond acceptors (Lipinski definition) is 3. The van der Waals surface area contributed by atoms with Crippen LogP contribution in [0.4, 0.5) is 0 Å². The Morgan fingerprint density at radius 1 is 1.50 bits per heavy atom. The summed E-state index contributed by atoms with van der Waals surface area (Å²) in [7, 11) is 0. The average Bonchev–Trinajstić information content (AvgIpc) is 2.37. The van der Waals surface area contributed by atoms with Crippen LogP contribution >= 0.6 is 23.8 Å². The van der Waals surface area contributed by atoms with Crippen molar-refractivity contribution in [3.8, 4) is 0 Å². The maximum atomic E-state index is 12.1. The summed E-state index contributed by atoms with van der Waals surface area (Å²) in [5.41, 5.74) is 2.07. The van der Waals surface area contributed by atoms with Crippen LogP contribution < -0.4 is 10.6 Å². The first-order valence-electron chi connectivity index (χ1n) is 6.23. The molecular formula is C14H15ClN2O2S. The smallest absolute Gasteiger partial charge is 0.338 e. The van der Waals surface area contributed by atoms with Gasteiger partial charge >= 0.3 is 5.97 Å². The predicted octanol–water partition coefficient (Wildman–Crippen LogP) is 2.70. The van der Waals surface area contributed by atoms with Crippen molar-refractivity contribution in [1.29, 1.82) is 0 Å². The van der Waals surface area contributed by atoms with Crippen molar-refractivity contribution in [2.45, 2.75) is 19.9 Å². The van der Waals surface area contributed by atoms with Crippen molar-refractivity contribution in [1.82, 2.24) is 10.6 Å². The molecular weight excluding hydrogens is 296 g/mol. The van der Waals surface area contributed by atoms with E-state index in [1.165, 1.54) is 0 Å². The highest BCUT2D eigenvalue weighted by molar-refractivity contribution is 7.80. The van der Waals surface area contributed by atoms with Gasteiger partial charge in [0.15, 0.2) is 5.11 Å². The maximum Gasteiger partial charge on any atom is 0.338 e. The summed E-state index contributed by atoms with van der Waals surface area (Å²) >= 11 is 11.2. The fourth-order valence-electron chi connectivity index (χ4n) is 2.11. The Morgan fingerprint density at radius 2 is 2.25 bits per heavy atom. The average molecular weight is 311 g/mol. The van der Waals surface area contributed by atoms with Gasteiger partial charge in [0.1, 0.15) is 0 Å². The van der Waals surface area contributed by atoms with E-state index in [1.54, 1.807) is 26.0 Å². The van der Waals surface area contributed by atoms with Gasteiger partial charge in [-0.05, 0) is 43.8 Å². The SMILES string of the molecule is CCOC(=O)C1=C(C)NC(=S)N[C@H]1c1cccc(Cl)c1. The third kappa shape index (κ3) is 3.11. The highest BCUT2D eigenvalue weighted by atomic mass is 35.5. The van der Waals surface area contributed by atoms with E-state index < -0.39 is 0 Å². The van der Waals surface area contributed by atoms with E-state index in [0.717, 1.165) is 5.56 Å². The summed E-state index contributed by atoms with van der Waals surface area (Å²) in [5, 5.41) is 7.11. The topological polar surface area (TPSA) is 50.4 Å². The molecule has 1 heterocycles. The molecule has 0 radical (unpaired) electrons. The minimum Gasteiger partial charge on any atom is -0.463 e. The summed E-state index contributed by atoms with van der Waals surface area (Å²) in [6, 6.07) is 6.96. The van der Waals surface area contributed by atoms with Gasteiger partial charge in [0.05, 0.1) is 18.2 Å². The van der Waals surface area contributed by atoms with Crippen molar-refractivity contribution >= 4 is 34.9 Å². The molecule has 0 saturated carbocycles. The van der Waals surface area contributed by atoms with Gasteiger partial charge in [-0.2, -0.15) is 0 Å². The largest absolute Gasteiger partial charge is 0.463 e. The molecule has 1 aliphatic heterocycles. The lowest BCUT2D eigenvalue weighted by Crippen LogP contribution is -2.45. The number of rotatable bonds is 3. The Bertz CT molecular complexity index is 586. The van der Waals surface area contributed by atoms with E-state index in [-0.39, 0.29) is 12.0 Å². The molecule has 0 saturated heterocycles. The summed E-state index contributed by atoms with van der Waals surface area (Å²) in [6.45, 7) is 3.90. The highest BCUT2D eigenvalue weighted by Gasteiger charge is 2.30. The standard InChI is InChI=1S/C14H15ClN2O2S/c1-3-19-13(18)11-8(2)16-14(20)17-12(11)9-5-4-6-10(15)7-9/h4-7,12H,3H2,1-2H3,(H2,16,17,20)/t12-/m0/s1. The molecule has 0 bridgehead atoms. The molecule has 0 fully saturated rings. The lowest BCUT2D eigenvalue weighted by Gasteiger charge is -2.29. The second-order valence-corrected chi connectivity index (χ2v) is 5.19. The molecule has 1 atom stereocenters. The van der Waals surface area contributed by atoms with E-state index in [4.69, 9.17) is 28.6 Å². The summed E-state index contributed by atoms with van der Waals surface area (Å²) < 4.78 is 5.12. The monoisotopic (exact) mass is 310 g/mol. The lowest BCUT2D eigenvalue weighted by molar-refractivity contribution is -0.139. The number of hydrogen-bond donors (Lipinski definition) is 2. The predicted molar refractivity (Wildman–Crippen MR) is 82.4 cm³/mol. The summed E-state index contributed by atoms with van der Waals surface area (Å²) in [5.74, 6) is -0.363. The van der Waals surface area contributed by atoms with Crippen LogP contribution in [0.25, 0.3) is 0 Å². The molecule has 2 rings (SSSR count). The Morgan fingerprint density at radius 3 is 2.90 bits per heavy atom. The quantitative estimate of drug-likeness (QED) is 0.664. The molecule has 2 N–H and O–H groups in total. The third-order valence-electron chi connectivity index (χ3n) is 2.95. The van der Waals surface area contributed by atoms with E-state index in [9.17, 15) is 4.79 Å². The van der Waals surface area contributed by atoms with Gasteiger partial charge in [-0.25, -0.2) is 4.79 Å². The van der Waals surface area contributed by atoms with Gasteiger partial charge in [-0.15, -0.1) is 0 Å². The molecule has 0 amide bonds. The third-order valence-corrected chi connectivity index (χ3v) is 3.40. The van der Waals surface area contributed by atoms with Crippen molar-refractivity contribution < 1.29 is 9.53 Å². The Labute approximate surface area is 128 Å². The Hall–Kier alpha value is -1.59. The summed E-state index contributed by atoms with van der Waals surface area (Å²) in [6.07, 6.45) is 0. The first kappa shape index (κ1) is 14.8. The molecule has 0 unspecified atom stereocenters. The van der Waals surface area contributed by atoms with Crippen molar-refractivity contribution in [2.24, 2.45) is 0 Å². The van der Waals surface area contributed by atoms with Gasteiger partial charge in [-0.1, -0.05) is 23.7 Å². The fraction of sp³-hybridized carbons (Fsp3) is 0.286. The van der Waals surface area contributed by atoms with Gasteiger partial charge in [0.25, 0.3) is 0 Å². The minimum absolute atomic E-state index is 0.322. The van der Waals surface area contributed by atoms with Gasteiger partial charge in [0.2, 0.25) is 0 Å². The molecule has 1 aromatic carbocycles. The van der Waals surface area contributed by atoms with Crippen LogP contribution in [0.3, 0.4) is 0 Å². The zero-order valence-corrected chi connectivity index (χ0v) is 12.8. The van der Waals surface area contributed by atoms with Crippen molar-refractivity contribution in [2.75, 3.05) is 6.61 Å². The van der Waals surface area contributed by atoms with Gasteiger partial charge < -0.3 is 15.4 Å². The van der Waals surface area contributed by atoms with Gasteiger partial charge in [0, 0.05) is 10.7 Å².